The maximum Gasteiger partial charge on any atom is 0.376 e. The molecule has 0 heterocycles. The number of carbonyl (C=O) groups excluding carboxylic acids is 1. The van der Waals surface area contributed by atoms with Crippen LogP contribution in [0, 0.1) is 0 Å². The van der Waals surface area contributed by atoms with Crippen molar-refractivity contribution in [1.29, 1.82) is 0 Å². The van der Waals surface area contributed by atoms with E-state index in [1.807, 2.05) is 0 Å². The zero-order valence-corrected chi connectivity index (χ0v) is 10.9. The van der Waals surface area contributed by atoms with Gasteiger partial charge in [0.05, 0.1) is 6.61 Å². The van der Waals surface area contributed by atoms with Gasteiger partial charge in [0.25, 0.3) is 0 Å². The summed E-state index contributed by atoms with van der Waals surface area (Å²) in [7, 11) is 0. The molecule has 0 saturated heterocycles. The van der Waals surface area contributed by atoms with Crippen molar-refractivity contribution in [1.82, 2.24) is 0 Å². The van der Waals surface area contributed by atoms with E-state index < -0.39 is 11.9 Å². The van der Waals surface area contributed by atoms with E-state index in [9.17, 15) is 13.6 Å². The molecular formula is C13H24F2O2. The Morgan fingerprint density at radius 2 is 1.59 bits per heavy atom. The van der Waals surface area contributed by atoms with Gasteiger partial charge >= 0.3 is 11.9 Å². The molecule has 0 aliphatic rings. The van der Waals surface area contributed by atoms with Crippen LogP contribution in [0.15, 0.2) is 0 Å². The largest absolute Gasteiger partial charge is 0.461 e. The van der Waals surface area contributed by atoms with Crippen LogP contribution in [0.25, 0.3) is 0 Å². The zero-order valence-electron chi connectivity index (χ0n) is 10.9. The predicted molar refractivity (Wildman–Crippen MR) is 64.2 cm³/mol. The molecule has 0 aromatic rings. The first kappa shape index (κ1) is 16.3. The quantitative estimate of drug-likeness (QED) is 0.426. The fourth-order valence-corrected chi connectivity index (χ4v) is 1.53. The van der Waals surface area contributed by atoms with Gasteiger partial charge in [-0.25, -0.2) is 4.79 Å². The first-order valence-corrected chi connectivity index (χ1v) is 6.59. The third-order valence-corrected chi connectivity index (χ3v) is 2.58. The molecule has 0 aliphatic heterocycles. The topological polar surface area (TPSA) is 26.3 Å². The molecule has 0 amide bonds. The number of carbonyl (C=O) groups is 1. The summed E-state index contributed by atoms with van der Waals surface area (Å²) in [6.45, 7) is 3.96. The van der Waals surface area contributed by atoms with E-state index in [1.54, 1.807) is 6.92 Å². The Hall–Kier alpha value is -0.670. The average Bonchev–Trinajstić information content (AvgIpc) is 2.30. The third-order valence-electron chi connectivity index (χ3n) is 2.58. The average molecular weight is 250 g/mol. The molecule has 0 spiro atoms. The highest BCUT2D eigenvalue weighted by Crippen LogP contribution is 2.24. The molecule has 0 aromatic heterocycles. The molecule has 4 heteroatoms. The minimum Gasteiger partial charge on any atom is -0.461 e. The van der Waals surface area contributed by atoms with Gasteiger partial charge in [0.15, 0.2) is 0 Å². The number of esters is 1. The number of halogens is 2. The van der Waals surface area contributed by atoms with Gasteiger partial charge in [-0.05, 0) is 12.8 Å². The highest BCUT2D eigenvalue weighted by atomic mass is 19.3. The summed E-state index contributed by atoms with van der Waals surface area (Å²) in [5.41, 5.74) is 0. The first-order chi connectivity index (χ1) is 8.04. The van der Waals surface area contributed by atoms with Crippen LogP contribution in [0.1, 0.15) is 65.2 Å². The molecule has 102 valence electrons. The number of hydrogen-bond acceptors (Lipinski definition) is 2. The van der Waals surface area contributed by atoms with E-state index in [0.717, 1.165) is 32.1 Å². The summed E-state index contributed by atoms with van der Waals surface area (Å²) < 4.78 is 30.9. The molecular weight excluding hydrogens is 226 g/mol. The smallest absolute Gasteiger partial charge is 0.376 e. The van der Waals surface area contributed by atoms with E-state index >= 15 is 0 Å². The van der Waals surface area contributed by atoms with E-state index in [-0.39, 0.29) is 13.0 Å². The van der Waals surface area contributed by atoms with Crippen molar-refractivity contribution in [3.63, 3.8) is 0 Å². The van der Waals surface area contributed by atoms with Crippen molar-refractivity contribution >= 4 is 5.97 Å². The fraction of sp³-hybridized carbons (Fsp3) is 0.923. The lowest BCUT2D eigenvalue weighted by molar-refractivity contribution is -0.173. The molecule has 0 fully saturated rings. The van der Waals surface area contributed by atoms with Gasteiger partial charge in [-0.1, -0.05) is 46.0 Å². The van der Waals surface area contributed by atoms with E-state index in [0.29, 0.717) is 12.8 Å². The van der Waals surface area contributed by atoms with Gasteiger partial charge in [0, 0.05) is 6.42 Å². The standard InChI is InChI=1S/C13H24F2O2/c1-3-5-6-7-8-9-10-13(14,15)12(16)17-11-4-2/h3-11H2,1-2H3. The highest BCUT2D eigenvalue weighted by Gasteiger charge is 2.39. The number of rotatable bonds is 10. The maximum atomic E-state index is 13.2. The molecule has 0 N–H and O–H groups in total. The predicted octanol–water partition coefficient (Wildman–Crippen LogP) is 4.33. The van der Waals surface area contributed by atoms with E-state index in [1.165, 1.54) is 0 Å². The van der Waals surface area contributed by atoms with Crippen molar-refractivity contribution in [3.05, 3.63) is 0 Å². The number of ether oxygens (including phenoxy) is 1. The van der Waals surface area contributed by atoms with Gasteiger partial charge in [0.1, 0.15) is 0 Å². The summed E-state index contributed by atoms with van der Waals surface area (Å²) in [5.74, 6) is -4.67. The third kappa shape index (κ3) is 8.11. The summed E-state index contributed by atoms with van der Waals surface area (Å²) in [5, 5.41) is 0. The fourth-order valence-electron chi connectivity index (χ4n) is 1.53. The SMILES string of the molecule is CCCCCCCCC(F)(F)C(=O)OCCC. The Labute approximate surface area is 103 Å². The lowest BCUT2D eigenvalue weighted by atomic mass is 10.1. The Balaban J connectivity index is 3.65. The Kier molecular flexibility index (Phi) is 9.00. The van der Waals surface area contributed by atoms with Crippen LogP contribution in [-0.4, -0.2) is 18.5 Å². The Morgan fingerprint density at radius 3 is 2.18 bits per heavy atom. The van der Waals surface area contributed by atoms with Gasteiger partial charge in [-0.3, -0.25) is 0 Å². The molecule has 0 rings (SSSR count). The summed E-state index contributed by atoms with van der Waals surface area (Å²) in [4.78, 5) is 11.0. The Bertz CT molecular complexity index is 206. The van der Waals surface area contributed by atoms with Crippen molar-refractivity contribution in [3.8, 4) is 0 Å². The van der Waals surface area contributed by atoms with Crippen LogP contribution < -0.4 is 0 Å². The van der Waals surface area contributed by atoms with E-state index in [4.69, 9.17) is 0 Å². The lowest BCUT2D eigenvalue weighted by Gasteiger charge is -2.14. The molecule has 0 atom stereocenters. The van der Waals surface area contributed by atoms with Crippen LogP contribution in [0.5, 0.6) is 0 Å². The summed E-state index contributed by atoms with van der Waals surface area (Å²) >= 11 is 0. The number of alkyl halides is 2. The molecule has 17 heavy (non-hydrogen) atoms. The van der Waals surface area contributed by atoms with Gasteiger partial charge in [-0.15, -0.1) is 0 Å². The zero-order chi connectivity index (χ0) is 13.1. The van der Waals surface area contributed by atoms with Crippen LogP contribution in [0.2, 0.25) is 0 Å². The molecule has 0 bridgehead atoms. The maximum absolute atomic E-state index is 13.2. The second-order valence-corrected chi connectivity index (χ2v) is 4.36. The number of hydrogen-bond donors (Lipinski definition) is 0. The van der Waals surface area contributed by atoms with Crippen molar-refractivity contribution in [2.24, 2.45) is 0 Å². The number of unbranched alkanes of at least 4 members (excludes halogenated alkanes) is 5. The van der Waals surface area contributed by atoms with Gasteiger partial charge < -0.3 is 4.74 Å². The lowest BCUT2D eigenvalue weighted by Crippen LogP contribution is -2.30. The summed E-state index contributed by atoms with van der Waals surface area (Å²) in [6.07, 6.45) is 5.67. The van der Waals surface area contributed by atoms with Crippen molar-refractivity contribution in [2.45, 2.75) is 71.1 Å². The molecule has 0 radical (unpaired) electrons. The minimum absolute atomic E-state index is 0.0743. The van der Waals surface area contributed by atoms with E-state index in [2.05, 4.69) is 11.7 Å². The highest BCUT2D eigenvalue weighted by molar-refractivity contribution is 5.77. The Morgan fingerprint density at radius 1 is 1.00 bits per heavy atom. The van der Waals surface area contributed by atoms with Crippen LogP contribution in [0.4, 0.5) is 8.78 Å². The summed E-state index contributed by atoms with van der Waals surface area (Å²) in [6, 6.07) is 0. The molecule has 0 unspecified atom stereocenters. The van der Waals surface area contributed by atoms with Gasteiger partial charge in [-0.2, -0.15) is 8.78 Å². The molecule has 2 nitrogen and oxygen atoms in total. The molecule has 0 aromatic carbocycles. The monoisotopic (exact) mass is 250 g/mol. The van der Waals surface area contributed by atoms with Crippen molar-refractivity contribution < 1.29 is 18.3 Å². The van der Waals surface area contributed by atoms with Crippen LogP contribution in [0.3, 0.4) is 0 Å². The second kappa shape index (κ2) is 9.37. The van der Waals surface area contributed by atoms with Crippen molar-refractivity contribution in [2.75, 3.05) is 6.61 Å². The minimum atomic E-state index is -3.31. The first-order valence-electron chi connectivity index (χ1n) is 6.59. The second-order valence-electron chi connectivity index (χ2n) is 4.36. The molecule has 0 saturated carbocycles. The van der Waals surface area contributed by atoms with Crippen LogP contribution >= 0.6 is 0 Å². The normalized spacial score (nSPS) is 11.5. The van der Waals surface area contributed by atoms with Gasteiger partial charge in [0.2, 0.25) is 0 Å². The molecule has 0 aliphatic carbocycles. The van der Waals surface area contributed by atoms with Crippen LogP contribution in [-0.2, 0) is 9.53 Å².